The highest BCUT2D eigenvalue weighted by Crippen LogP contribution is 2.10. The summed E-state index contributed by atoms with van der Waals surface area (Å²) >= 11 is 0. The normalized spacial score (nSPS) is 13.4. The number of hydrogen-bond donors (Lipinski definition) is 2. The SMILES string of the molecule is CCCn1cc(S(=O)(=O)NCC(C)C(=O)O)nc1C. The molecule has 0 bridgehead atoms. The van der Waals surface area contributed by atoms with E-state index in [-0.39, 0.29) is 11.6 Å². The maximum absolute atomic E-state index is 11.9. The minimum absolute atomic E-state index is 0.0731. The maximum atomic E-state index is 11.9. The van der Waals surface area contributed by atoms with Gasteiger partial charge in [0.2, 0.25) is 0 Å². The van der Waals surface area contributed by atoms with Crippen LogP contribution in [0.3, 0.4) is 0 Å². The second-order valence-corrected chi connectivity index (χ2v) is 6.12. The third-order valence-electron chi connectivity index (χ3n) is 2.69. The van der Waals surface area contributed by atoms with E-state index in [2.05, 4.69) is 9.71 Å². The van der Waals surface area contributed by atoms with Crippen molar-refractivity contribution in [1.82, 2.24) is 14.3 Å². The number of rotatable bonds is 7. The second-order valence-electron chi connectivity index (χ2n) is 4.41. The number of carbonyl (C=O) groups is 1. The molecule has 1 unspecified atom stereocenters. The Balaban J connectivity index is 2.83. The van der Waals surface area contributed by atoms with Gasteiger partial charge in [0.05, 0.1) is 5.92 Å². The van der Waals surface area contributed by atoms with Crippen LogP contribution in [-0.4, -0.2) is 35.6 Å². The first-order valence-corrected chi connectivity index (χ1v) is 7.52. The van der Waals surface area contributed by atoms with E-state index in [0.29, 0.717) is 12.4 Å². The average molecular weight is 289 g/mol. The quantitative estimate of drug-likeness (QED) is 0.765. The molecule has 1 aromatic rings. The highest BCUT2D eigenvalue weighted by atomic mass is 32.2. The minimum atomic E-state index is -3.75. The lowest BCUT2D eigenvalue weighted by molar-refractivity contribution is -0.140. The summed E-state index contributed by atoms with van der Waals surface area (Å²) < 4.78 is 27.9. The molecule has 1 rings (SSSR count). The third kappa shape index (κ3) is 4.03. The standard InChI is InChI=1S/C11H19N3O4S/c1-4-5-14-7-10(13-9(14)3)19(17,18)12-6-8(2)11(15)16/h7-8,12H,4-6H2,1-3H3,(H,15,16). The van der Waals surface area contributed by atoms with Crippen molar-refractivity contribution in [1.29, 1.82) is 0 Å². The van der Waals surface area contributed by atoms with E-state index in [1.165, 1.54) is 13.1 Å². The van der Waals surface area contributed by atoms with Gasteiger partial charge in [0.1, 0.15) is 5.82 Å². The second kappa shape index (κ2) is 6.16. The molecular formula is C11H19N3O4S. The summed E-state index contributed by atoms with van der Waals surface area (Å²) in [6.07, 6.45) is 2.34. The van der Waals surface area contributed by atoms with Crippen molar-refractivity contribution in [3.05, 3.63) is 12.0 Å². The molecule has 19 heavy (non-hydrogen) atoms. The lowest BCUT2D eigenvalue weighted by Gasteiger charge is -2.07. The van der Waals surface area contributed by atoms with Gasteiger partial charge in [-0.15, -0.1) is 0 Å². The molecule has 0 radical (unpaired) electrons. The Bertz CT molecular complexity index is 550. The molecule has 0 fully saturated rings. The van der Waals surface area contributed by atoms with E-state index in [1.54, 1.807) is 11.5 Å². The molecule has 1 heterocycles. The summed E-state index contributed by atoms with van der Waals surface area (Å²) in [6, 6.07) is 0. The molecule has 8 heteroatoms. The fourth-order valence-electron chi connectivity index (χ4n) is 1.47. The van der Waals surface area contributed by atoms with Crippen molar-refractivity contribution in [3.8, 4) is 0 Å². The van der Waals surface area contributed by atoms with Gasteiger partial charge in [-0.25, -0.2) is 18.1 Å². The number of aromatic nitrogens is 2. The molecular weight excluding hydrogens is 270 g/mol. The van der Waals surface area contributed by atoms with Crippen LogP contribution in [0, 0.1) is 12.8 Å². The maximum Gasteiger partial charge on any atom is 0.307 e. The lowest BCUT2D eigenvalue weighted by Crippen LogP contribution is -2.31. The Morgan fingerprint density at radius 2 is 2.21 bits per heavy atom. The molecule has 1 atom stereocenters. The number of nitrogens with zero attached hydrogens (tertiary/aromatic N) is 2. The van der Waals surface area contributed by atoms with Crippen molar-refractivity contribution in [2.24, 2.45) is 5.92 Å². The third-order valence-corrected chi connectivity index (χ3v) is 3.99. The Kier molecular flexibility index (Phi) is 5.07. The molecule has 0 aliphatic carbocycles. The van der Waals surface area contributed by atoms with Crippen LogP contribution in [0.2, 0.25) is 0 Å². The summed E-state index contributed by atoms with van der Waals surface area (Å²) in [6.45, 7) is 5.69. The van der Waals surface area contributed by atoms with Gasteiger partial charge in [0.25, 0.3) is 10.0 Å². The van der Waals surface area contributed by atoms with Crippen LogP contribution in [-0.2, 0) is 21.4 Å². The van der Waals surface area contributed by atoms with E-state index < -0.39 is 21.9 Å². The van der Waals surface area contributed by atoms with Crippen molar-refractivity contribution >= 4 is 16.0 Å². The zero-order valence-corrected chi connectivity index (χ0v) is 12.1. The number of imidazole rings is 1. The summed E-state index contributed by atoms with van der Waals surface area (Å²) in [5.41, 5.74) is 0. The molecule has 2 N–H and O–H groups in total. The molecule has 0 aliphatic rings. The summed E-state index contributed by atoms with van der Waals surface area (Å²) in [5.74, 6) is -1.21. The summed E-state index contributed by atoms with van der Waals surface area (Å²) in [5, 5.41) is 8.64. The zero-order valence-electron chi connectivity index (χ0n) is 11.3. The van der Waals surface area contributed by atoms with Crippen molar-refractivity contribution < 1.29 is 18.3 Å². The summed E-state index contributed by atoms with van der Waals surface area (Å²) in [4.78, 5) is 14.6. The molecule has 0 saturated carbocycles. The van der Waals surface area contributed by atoms with Gasteiger partial charge < -0.3 is 9.67 Å². The number of carboxylic acid groups (broad SMARTS) is 1. The average Bonchev–Trinajstić information content (AvgIpc) is 2.69. The van der Waals surface area contributed by atoms with E-state index in [1.807, 2.05) is 6.92 Å². The van der Waals surface area contributed by atoms with Gasteiger partial charge in [-0.3, -0.25) is 4.79 Å². The lowest BCUT2D eigenvalue weighted by atomic mass is 10.2. The summed E-state index contributed by atoms with van der Waals surface area (Å²) in [7, 11) is -3.75. The molecule has 7 nitrogen and oxygen atoms in total. The molecule has 108 valence electrons. The first kappa shape index (κ1) is 15.6. The number of aryl methyl sites for hydroxylation is 2. The van der Waals surface area contributed by atoms with E-state index >= 15 is 0 Å². The van der Waals surface area contributed by atoms with Gasteiger partial charge in [-0.2, -0.15) is 0 Å². The predicted molar refractivity (Wildman–Crippen MR) is 69.2 cm³/mol. The molecule has 0 spiro atoms. The van der Waals surface area contributed by atoms with E-state index in [4.69, 9.17) is 5.11 Å². The number of hydrogen-bond acceptors (Lipinski definition) is 4. The van der Waals surface area contributed by atoms with Crippen molar-refractivity contribution in [2.45, 2.75) is 38.8 Å². The van der Waals surface area contributed by atoms with Gasteiger partial charge in [-0.05, 0) is 13.3 Å². The van der Waals surface area contributed by atoms with Crippen LogP contribution in [0.15, 0.2) is 11.2 Å². The minimum Gasteiger partial charge on any atom is -0.481 e. The smallest absolute Gasteiger partial charge is 0.307 e. The Hall–Kier alpha value is -1.41. The van der Waals surface area contributed by atoms with Crippen LogP contribution in [0.5, 0.6) is 0 Å². The topological polar surface area (TPSA) is 101 Å². The fraction of sp³-hybridized carbons (Fsp3) is 0.636. The molecule has 0 saturated heterocycles. The van der Waals surface area contributed by atoms with Gasteiger partial charge in [0.15, 0.2) is 5.03 Å². The Morgan fingerprint density at radius 1 is 1.58 bits per heavy atom. The fourth-order valence-corrected chi connectivity index (χ4v) is 2.61. The van der Waals surface area contributed by atoms with Gasteiger partial charge in [-0.1, -0.05) is 13.8 Å². The van der Waals surface area contributed by atoms with E-state index in [9.17, 15) is 13.2 Å². The highest BCUT2D eigenvalue weighted by Gasteiger charge is 2.21. The molecule has 0 aromatic carbocycles. The Labute approximate surface area is 112 Å². The number of carboxylic acids is 1. The number of nitrogens with one attached hydrogen (secondary N) is 1. The zero-order chi connectivity index (χ0) is 14.6. The van der Waals surface area contributed by atoms with Crippen molar-refractivity contribution in [2.75, 3.05) is 6.54 Å². The van der Waals surface area contributed by atoms with Crippen LogP contribution >= 0.6 is 0 Å². The van der Waals surface area contributed by atoms with E-state index in [0.717, 1.165) is 6.42 Å². The largest absolute Gasteiger partial charge is 0.481 e. The van der Waals surface area contributed by atoms with Crippen molar-refractivity contribution in [3.63, 3.8) is 0 Å². The van der Waals surface area contributed by atoms with Gasteiger partial charge in [0, 0.05) is 19.3 Å². The predicted octanol–water partition coefficient (Wildman–Crippen LogP) is 0.601. The van der Waals surface area contributed by atoms with Crippen LogP contribution in [0.25, 0.3) is 0 Å². The monoisotopic (exact) mass is 289 g/mol. The Morgan fingerprint density at radius 3 is 2.74 bits per heavy atom. The molecule has 0 amide bonds. The highest BCUT2D eigenvalue weighted by molar-refractivity contribution is 7.89. The molecule has 1 aromatic heterocycles. The number of aliphatic carboxylic acids is 1. The molecule has 0 aliphatic heterocycles. The van der Waals surface area contributed by atoms with Crippen LogP contribution < -0.4 is 4.72 Å². The van der Waals surface area contributed by atoms with Gasteiger partial charge >= 0.3 is 5.97 Å². The first-order chi connectivity index (χ1) is 8.77. The van der Waals surface area contributed by atoms with Crippen LogP contribution in [0.4, 0.5) is 0 Å². The number of sulfonamides is 1. The first-order valence-electron chi connectivity index (χ1n) is 6.04. The van der Waals surface area contributed by atoms with Crippen LogP contribution in [0.1, 0.15) is 26.1 Å².